The summed E-state index contributed by atoms with van der Waals surface area (Å²) in [5.41, 5.74) is 1.18. The molecule has 0 saturated carbocycles. The van der Waals surface area contributed by atoms with Crippen LogP contribution in [0.3, 0.4) is 0 Å². The van der Waals surface area contributed by atoms with E-state index in [0.717, 1.165) is 5.75 Å². The van der Waals surface area contributed by atoms with Crippen LogP contribution < -0.4 is 4.72 Å². The smallest absolute Gasteiger partial charge is 0.260 e. The van der Waals surface area contributed by atoms with E-state index >= 15 is 0 Å². The van der Waals surface area contributed by atoms with Gasteiger partial charge in [-0.1, -0.05) is 30.3 Å². The Balaban J connectivity index is 1.59. The van der Waals surface area contributed by atoms with Gasteiger partial charge in [0.15, 0.2) is 5.03 Å². The van der Waals surface area contributed by atoms with E-state index in [1.54, 1.807) is 16.5 Å². The van der Waals surface area contributed by atoms with E-state index in [1.807, 2.05) is 30.0 Å². The maximum absolute atomic E-state index is 12.4. The van der Waals surface area contributed by atoms with E-state index in [1.165, 1.54) is 18.1 Å². The van der Waals surface area contributed by atoms with Crippen LogP contribution in [0.25, 0.3) is 0 Å². The summed E-state index contributed by atoms with van der Waals surface area (Å²) in [6.45, 7) is 0.946. The number of nitrogens with zero attached hydrogens (tertiary/aromatic N) is 3. The van der Waals surface area contributed by atoms with Gasteiger partial charge in [0.05, 0.1) is 12.9 Å². The van der Waals surface area contributed by atoms with Gasteiger partial charge < -0.3 is 9.47 Å². The minimum Gasteiger partial charge on any atom is -0.339 e. The van der Waals surface area contributed by atoms with Crippen molar-refractivity contribution in [2.24, 2.45) is 7.05 Å². The largest absolute Gasteiger partial charge is 0.339 e. The Kier molecular flexibility index (Phi) is 5.45. The lowest BCUT2D eigenvalue weighted by Crippen LogP contribution is -2.44. The van der Waals surface area contributed by atoms with Crippen molar-refractivity contribution in [1.82, 2.24) is 19.2 Å². The first-order chi connectivity index (χ1) is 12.0. The van der Waals surface area contributed by atoms with E-state index in [9.17, 15) is 13.2 Å². The zero-order valence-electron chi connectivity index (χ0n) is 13.8. The van der Waals surface area contributed by atoms with Gasteiger partial charge in [-0.3, -0.25) is 4.79 Å². The highest BCUT2D eigenvalue weighted by molar-refractivity contribution is 7.99. The topological polar surface area (TPSA) is 84.3 Å². The van der Waals surface area contributed by atoms with Crippen LogP contribution in [0.15, 0.2) is 47.9 Å². The molecule has 0 spiro atoms. The molecule has 1 N–H and O–H groups in total. The number of aryl methyl sites for hydroxylation is 1. The summed E-state index contributed by atoms with van der Waals surface area (Å²) >= 11 is 1.82. The average Bonchev–Trinajstić information content (AvgIpc) is 3.08. The van der Waals surface area contributed by atoms with Gasteiger partial charge in [-0.25, -0.2) is 18.1 Å². The third-order valence-corrected chi connectivity index (χ3v) is 6.49. The quantitative estimate of drug-likeness (QED) is 0.837. The lowest BCUT2D eigenvalue weighted by Gasteiger charge is -2.32. The minimum atomic E-state index is -3.77. The first-order valence-corrected chi connectivity index (χ1v) is 10.4. The van der Waals surface area contributed by atoms with Gasteiger partial charge in [0.25, 0.3) is 10.0 Å². The second-order valence-corrected chi connectivity index (χ2v) is 8.84. The molecule has 0 radical (unpaired) electrons. The van der Waals surface area contributed by atoms with E-state index in [2.05, 4.69) is 21.8 Å². The summed E-state index contributed by atoms with van der Waals surface area (Å²) in [6.07, 6.45) is 2.80. The molecule has 0 bridgehead atoms. The van der Waals surface area contributed by atoms with Crippen molar-refractivity contribution in [1.29, 1.82) is 0 Å². The highest BCUT2D eigenvalue weighted by atomic mass is 32.2. The van der Waals surface area contributed by atoms with Crippen LogP contribution in [0.2, 0.25) is 0 Å². The van der Waals surface area contributed by atoms with Crippen molar-refractivity contribution in [2.75, 3.05) is 25.4 Å². The number of aromatic nitrogens is 2. The monoisotopic (exact) mass is 380 g/mol. The molecule has 0 aliphatic carbocycles. The maximum atomic E-state index is 12.4. The van der Waals surface area contributed by atoms with Crippen molar-refractivity contribution in [3.63, 3.8) is 0 Å². The fourth-order valence-electron chi connectivity index (χ4n) is 2.62. The Bertz CT molecular complexity index is 836. The predicted octanol–water partition coefficient (Wildman–Crippen LogP) is 1.02. The second kappa shape index (κ2) is 7.59. The number of hydrogen-bond donors (Lipinski definition) is 1. The zero-order chi connectivity index (χ0) is 17.9. The number of imidazole rings is 1. The average molecular weight is 380 g/mol. The van der Waals surface area contributed by atoms with Gasteiger partial charge in [0, 0.05) is 37.3 Å². The fraction of sp³-hybridized carbons (Fsp3) is 0.375. The minimum absolute atomic E-state index is 0.0841. The molecule has 1 saturated heterocycles. The molecular formula is C16H20N4O3S2. The van der Waals surface area contributed by atoms with Gasteiger partial charge >= 0.3 is 0 Å². The molecule has 1 aliphatic heterocycles. The molecule has 1 fully saturated rings. The van der Waals surface area contributed by atoms with Crippen molar-refractivity contribution < 1.29 is 13.2 Å². The summed E-state index contributed by atoms with van der Waals surface area (Å²) < 4.78 is 28.2. The molecule has 7 nitrogen and oxygen atoms in total. The Morgan fingerprint density at radius 2 is 2.12 bits per heavy atom. The number of sulfonamides is 1. The van der Waals surface area contributed by atoms with Gasteiger partial charge in [-0.15, -0.1) is 0 Å². The van der Waals surface area contributed by atoms with Crippen molar-refractivity contribution in [2.45, 2.75) is 10.3 Å². The SMILES string of the molecule is Cn1cnc(S(=O)(=O)NCC(=O)N2CCSC(c3ccccc3)C2)c1. The summed E-state index contributed by atoms with van der Waals surface area (Å²) in [5.74, 6) is 0.610. The van der Waals surface area contributed by atoms with E-state index in [0.29, 0.717) is 13.1 Å². The van der Waals surface area contributed by atoms with Crippen LogP contribution in [0, 0.1) is 0 Å². The van der Waals surface area contributed by atoms with Crippen molar-refractivity contribution >= 4 is 27.7 Å². The Morgan fingerprint density at radius 1 is 1.36 bits per heavy atom. The first-order valence-electron chi connectivity index (χ1n) is 7.87. The van der Waals surface area contributed by atoms with Gasteiger partial charge in [-0.2, -0.15) is 11.8 Å². The van der Waals surface area contributed by atoms with Crippen LogP contribution in [0.5, 0.6) is 0 Å². The predicted molar refractivity (Wildman–Crippen MR) is 96.6 cm³/mol. The summed E-state index contributed by atoms with van der Waals surface area (Å²) in [4.78, 5) is 18.0. The van der Waals surface area contributed by atoms with Crippen LogP contribution in [0.4, 0.5) is 0 Å². The van der Waals surface area contributed by atoms with Crippen LogP contribution in [-0.4, -0.2) is 54.2 Å². The molecular weight excluding hydrogens is 360 g/mol. The summed E-state index contributed by atoms with van der Waals surface area (Å²) in [7, 11) is -2.09. The maximum Gasteiger partial charge on any atom is 0.260 e. The zero-order valence-corrected chi connectivity index (χ0v) is 15.5. The van der Waals surface area contributed by atoms with Crippen molar-refractivity contribution in [3.8, 4) is 0 Å². The third-order valence-electron chi connectivity index (χ3n) is 3.96. The molecule has 1 aliphatic rings. The number of carbonyl (C=O) groups excluding carboxylic acids is 1. The molecule has 1 aromatic heterocycles. The molecule has 2 aromatic rings. The molecule has 9 heteroatoms. The fourth-order valence-corrected chi connectivity index (χ4v) is 4.81. The molecule has 3 rings (SSSR count). The second-order valence-electron chi connectivity index (χ2n) is 5.81. The molecule has 25 heavy (non-hydrogen) atoms. The molecule has 1 aromatic carbocycles. The van der Waals surface area contributed by atoms with Crippen LogP contribution in [-0.2, 0) is 21.9 Å². The van der Waals surface area contributed by atoms with Crippen molar-refractivity contribution in [3.05, 3.63) is 48.4 Å². The molecule has 1 amide bonds. The van der Waals surface area contributed by atoms with Gasteiger partial charge in [0.1, 0.15) is 0 Å². The number of nitrogens with one attached hydrogen (secondary N) is 1. The molecule has 2 heterocycles. The van der Waals surface area contributed by atoms with E-state index < -0.39 is 10.0 Å². The molecule has 1 atom stereocenters. The lowest BCUT2D eigenvalue weighted by molar-refractivity contribution is -0.129. The van der Waals surface area contributed by atoms with Crippen LogP contribution in [0.1, 0.15) is 10.8 Å². The summed E-state index contributed by atoms with van der Waals surface area (Å²) in [6, 6.07) is 10.0. The van der Waals surface area contributed by atoms with E-state index in [4.69, 9.17) is 0 Å². The Hall–Kier alpha value is -1.84. The van der Waals surface area contributed by atoms with Crippen LogP contribution >= 0.6 is 11.8 Å². The number of hydrogen-bond acceptors (Lipinski definition) is 5. The van der Waals surface area contributed by atoms with Gasteiger partial charge in [-0.05, 0) is 5.56 Å². The normalized spacial score (nSPS) is 18.3. The number of benzene rings is 1. The summed E-state index contributed by atoms with van der Waals surface area (Å²) in [5, 5.41) is 0.130. The van der Waals surface area contributed by atoms with E-state index in [-0.39, 0.29) is 22.7 Å². The number of rotatable bonds is 5. The van der Waals surface area contributed by atoms with Gasteiger partial charge in [0.2, 0.25) is 5.91 Å². The number of amides is 1. The molecule has 1 unspecified atom stereocenters. The highest BCUT2D eigenvalue weighted by Gasteiger charge is 2.26. The standard InChI is InChI=1S/C16H20N4O3S2/c1-19-11-15(17-12-19)25(22,23)18-9-16(21)20-7-8-24-14(10-20)13-5-3-2-4-6-13/h2-6,11-12,14,18H,7-10H2,1H3. The highest BCUT2D eigenvalue weighted by Crippen LogP contribution is 2.32. The Labute approximate surface area is 151 Å². The first kappa shape index (κ1) is 18.0. The Morgan fingerprint density at radius 3 is 2.80 bits per heavy atom. The number of thioether (sulfide) groups is 1. The number of carbonyl (C=O) groups is 1. The molecule has 134 valence electrons. The lowest BCUT2D eigenvalue weighted by atomic mass is 10.1. The third kappa shape index (κ3) is 4.42.